The van der Waals surface area contributed by atoms with Gasteiger partial charge in [-0.25, -0.2) is 16.2 Å². The molecule has 2 rings (SSSR count). The predicted molar refractivity (Wildman–Crippen MR) is 145 cm³/mol. The zero-order valence-corrected chi connectivity index (χ0v) is 23.5. The van der Waals surface area contributed by atoms with E-state index in [-0.39, 0.29) is 17.6 Å². The van der Waals surface area contributed by atoms with E-state index in [1.807, 2.05) is 51.3 Å². The molecule has 0 spiro atoms. The Balaban J connectivity index is 2.67. The number of carbonyl (C=O) groups is 3. The van der Waals surface area contributed by atoms with E-state index >= 15 is 0 Å². The second kappa shape index (κ2) is 14.7. The van der Waals surface area contributed by atoms with Crippen LogP contribution in [0.2, 0.25) is 0 Å². The standard InChI is InChI=1S/C27H44N4O5S/c1-17(2)15-21(25(33)30-29)23(26(34)31-36-22-10-6-7-13-35-22)27(16-18(3)4,24(32)19(5)28)12-11-20-9-8-14-37-20/h8-9,11-12,14,17-19,21-23H,6-7,10,13,15-16,28-29H2,1-5H3,(H,30,33)(H,31,34)/b12-11+/t19-,21-,22?,23?,27?/m1/s1. The van der Waals surface area contributed by atoms with Gasteiger partial charge in [-0.3, -0.25) is 19.8 Å². The molecular formula is C27H44N4O5S. The fourth-order valence-corrected chi connectivity index (χ4v) is 5.75. The summed E-state index contributed by atoms with van der Waals surface area (Å²) in [6.45, 7) is 10.0. The van der Waals surface area contributed by atoms with Gasteiger partial charge in [0.05, 0.1) is 23.3 Å². The van der Waals surface area contributed by atoms with Crippen LogP contribution in [0.5, 0.6) is 0 Å². The molecule has 0 bridgehead atoms. The SMILES string of the molecule is CC(C)C[C@@H](C(=O)NN)C(C(=O)NOC1CCCCO1)C(/C=C/c1cccs1)(CC(C)C)C(=O)[C@@H](C)N. The molecule has 1 aromatic rings. The zero-order chi connectivity index (χ0) is 27.6. The zero-order valence-electron chi connectivity index (χ0n) is 22.7. The number of rotatable bonds is 14. The molecule has 0 radical (unpaired) electrons. The topological polar surface area (TPSA) is 146 Å². The molecule has 1 saturated heterocycles. The molecule has 3 unspecified atom stereocenters. The third-order valence-electron chi connectivity index (χ3n) is 6.58. The summed E-state index contributed by atoms with van der Waals surface area (Å²) in [4.78, 5) is 47.8. The molecular weight excluding hydrogens is 492 g/mol. The summed E-state index contributed by atoms with van der Waals surface area (Å²) < 4.78 is 5.60. The molecule has 1 aliphatic rings. The Kier molecular flexibility index (Phi) is 12.4. The summed E-state index contributed by atoms with van der Waals surface area (Å²) >= 11 is 1.51. The number of hydrazine groups is 1. The summed E-state index contributed by atoms with van der Waals surface area (Å²) in [6, 6.07) is 2.97. The van der Waals surface area contributed by atoms with E-state index in [4.69, 9.17) is 21.2 Å². The van der Waals surface area contributed by atoms with Gasteiger partial charge in [-0.2, -0.15) is 0 Å². The highest BCUT2D eigenvalue weighted by molar-refractivity contribution is 7.10. The quantitative estimate of drug-likeness (QED) is 0.162. The Morgan fingerprint density at radius 1 is 1.19 bits per heavy atom. The average molecular weight is 537 g/mol. The second-order valence-corrected chi connectivity index (χ2v) is 11.7. The van der Waals surface area contributed by atoms with Crippen LogP contribution in [0.25, 0.3) is 6.08 Å². The van der Waals surface area contributed by atoms with Gasteiger partial charge in [0.25, 0.3) is 0 Å². The van der Waals surface area contributed by atoms with Crippen LogP contribution in [0.3, 0.4) is 0 Å². The highest BCUT2D eigenvalue weighted by Gasteiger charge is 2.53. The number of hydroxylamine groups is 1. The summed E-state index contributed by atoms with van der Waals surface area (Å²) in [7, 11) is 0. The molecule has 1 aromatic heterocycles. The minimum atomic E-state index is -1.39. The monoisotopic (exact) mass is 536 g/mol. The Labute approximate surface area is 224 Å². The third kappa shape index (κ3) is 8.71. The molecule has 0 saturated carbocycles. The van der Waals surface area contributed by atoms with E-state index in [1.54, 1.807) is 13.0 Å². The lowest BCUT2D eigenvalue weighted by Gasteiger charge is -2.42. The van der Waals surface area contributed by atoms with Crippen LogP contribution in [-0.4, -0.2) is 36.5 Å². The van der Waals surface area contributed by atoms with Gasteiger partial charge in [0.1, 0.15) is 0 Å². The number of carbonyl (C=O) groups excluding carboxylic acids is 3. The van der Waals surface area contributed by atoms with Crippen molar-refractivity contribution in [1.29, 1.82) is 0 Å². The lowest BCUT2D eigenvalue weighted by Crippen LogP contribution is -2.57. The summed E-state index contributed by atoms with van der Waals surface area (Å²) in [6.07, 6.45) is 6.14. The molecule has 0 aliphatic carbocycles. The van der Waals surface area contributed by atoms with Crippen LogP contribution < -0.4 is 22.5 Å². The molecule has 1 fully saturated rings. The Morgan fingerprint density at radius 2 is 1.92 bits per heavy atom. The summed E-state index contributed by atoms with van der Waals surface area (Å²) in [5, 5.41) is 1.93. The van der Waals surface area contributed by atoms with E-state index < -0.39 is 41.4 Å². The van der Waals surface area contributed by atoms with Crippen molar-refractivity contribution < 1.29 is 24.0 Å². The number of nitrogens with one attached hydrogen (secondary N) is 2. The maximum Gasteiger partial charge on any atom is 0.248 e. The van der Waals surface area contributed by atoms with Crippen molar-refractivity contribution in [2.75, 3.05) is 6.61 Å². The first-order valence-corrected chi connectivity index (χ1v) is 14.0. The first-order chi connectivity index (χ1) is 17.5. The predicted octanol–water partition coefficient (Wildman–Crippen LogP) is 3.55. The maximum absolute atomic E-state index is 14.0. The van der Waals surface area contributed by atoms with Gasteiger partial charge in [-0.15, -0.1) is 11.3 Å². The van der Waals surface area contributed by atoms with Crippen molar-refractivity contribution in [3.63, 3.8) is 0 Å². The van der Waals surface area contributed by atoms with E-state index in [0.717, 1.165) is 17.7 Å². The van der Waals surface area contributed by atoms with E-state index in [9.17, 15) is 14.4 Å². The number of hydrogen-bond acceptors (Lipinski definition) is 8. The highest BCUT2D eigenvalue weighted by Crippen LogP contribution is 2.45. The molecule has 9 nitrogen and oxygen atoms in total. The third-order valence-corrected chi connectivity index (χ3v) is 7.42. The number of hydrogen-bond donors (Lipinski definition) is 4. The summed E-state index contributed by atoms with van der Waals surface area (Å²) in [5.74, 6) is 2.21. The fraction of sp³-hybridized carbons (Fsp3) is 0.667. The van der Waals surface area contributed by atoms with E-state index in [2.05, 4.69) is 10.9 Å². The van der Waals surface area contributed by atoms with Gasteiger partial charge in [-0.05, 0) is 62.0 Å². The minimum Gasteiger partial charge on any atom is -0.350 e. The molecule has 37 heavy (non-hydrogen) atoms. The number of thiophene rings is 1. The molecule has 2 heterocycles. The Bertz CT molecular complexity index is 897. The molecule has 1 aliphatic heterocycles. The molecule has 5 atom stereocenters. The molecule has 0 aromatic carbocycles. The van der Waals surface area contributed by atoms with Gasteiger partial charge in [0.2, 0.25) is 11.8 Å². The van der Waals surface area contributed by atoms with Crippen molar-refractivity contribution in [3.05, 3.63) is 28.5 Å². The smallest absolute Gasteiger partial charge is 0.248 e. The van der Waals surface area contributed by atoms with Crippen molar-refractivity contribution in [2.24, 2.45) is 40.7 Å². The number of ketones is 1. The maximum atomic E-state index is 14.0. The van der Waals surface area contributed by atoms with Crippen LogP contribution >= 0.6 is 11.3 Å². The minimum absolute atomic E-state index is 0.00854. The van der Waals surface area contributed by atoms with Gasteiger partial charge < -0.3 is 10.5 Å². The van der Waals surface area contributed by atoms with Crippen molar-refractivity contribution in [3.8, 4) is 0 Å². The van der Waals surface area contributed by atoms with E-state index in [0.29, 0.717) is 25.9 Å². The number of Topliss-reactive ketones (excluding diaryl/α,β-unsaturated/α-hetero) is 1. The first-order valence-electron chi connectivity index (χ1n) is 13.1. The summed E-state index contributed by atoms with van der Waals surface area (Å²) in [5.41, 5.74) is 9.57. The molecule has 10 heteroatoms. The largest absolute Gasteiger partial charge is 0.350 e. The van der Waals surface area contributed by atoms with Gasteiger partial charge >= 0.3 is 0 Å². The van der Waals surface area contributed by atoms with Gasteiger partial charge in [0, 0.05) is 17.9 Å². The Hall–Kier alpha value is -2.11. The molecule has 2 amide bonds. The van der Waals surface area contributed by atoms with Crippen LogP contribution in [0.4, 0.5) is 0 Å². The number of allylic oxidation sites excluding steroid dienone is 1. The van der Waals surface area contributed by atoms with Gasteiger partial charge in [-0.1, -0.05) is 39.8 Å². The van der Waals surface area contributed by atoms with Gasteiger partial charge in [0.15, 0.2) is 12.1 Å². The van der Waals surface area contributed by atoms with Crippen LogP contribution in [-0.2, 0) is 24.0 Å². The molecule has 208 valence electrons. The van der Waals surface area contributed by atoms with Crippen molar-refractivity contribution in [2.45, 2.75) is 79.1 Å². The lowest BCUT2D eigenvalue weighted by atomic mass is 9.60. The first kappa shape index (κ1) is 31.1. The number of amides is 2. The normalized spacial score (nSPS) is 20.4. The number of ether oxygens (including phenoxy) is 1. The van der Waals surface area contributed by atoms with E-state index in [1.165, 1.54) is 11.3 Å². The van der Waals surface area contributed by atoms with Crippen LogP contribution in [0.15, 0.2) is 23.6 Å². The number of nitrogens with two attached hydrogens (primary N) is 2. The average Bonchev–Trinajstić information content (AvgIpc) is 3.38. The molecule has 6 N–H and O–H groups in total. The fourth-order valence-electron chi connectivity index (χ4n) is 5.13. The highest BCUT2D eigenvalue weighted by atomic mass is 32.1. The lowest BCUT2D eigenvalue weighted by molar-refractivity contribution is -0.204. The van der Waals surface area contributed by atoms with Crippen LogP contribution in [0.1, 0.15) is 71.6 Å². The van der Waals surface area contributed by atoms with Crippen molar-refractivity contribution in [1.82, 2.24) is 10.9 Å². The van der Waals surface area contributed by atoms with Crippen molar-refractivity contribution >= 4 is 35.0 Å². The second-order valence-electron chi connectivity index (χ2n) is 10.7. The Morgan fingerprint density at radius 3 is 2.43 bits per heavy atom. The van der Waals surface area contributed by atoms with Crippen LogP contribution in [0, 0.1) is 29.1 Å².